The van der Waals surface area contributed by atoms with Crippen molar-refractivity contribution in [1.82, 2.24) is 4.31 Å². The molecule has 8 nitrogen and oxygen atoms in total. The Morgan fingerprint density at radius 1 is 1.29 bits per heavy atom. The quantitative estimate of drug-likeness (QED) is 0.593. The van der Waals surface area contributed by atoms with E-state index >= 15 is 0 Å². The number of hydrogen-bond donors (Lipinski definition) is 0. The summed E-state index contributed by atoms with van der Waals surface area (Å²) in [6.07, 6.45) is 0.976. The molecule has 1 aromatic carbocycles. The third-order valence-electron chi connectivity index (χ3n) is 4.23. The van der Waals surface area contributed by atoms with Crippen molar-refractivity contribution in [3.8, 4) is 0 Å². The minimum absolute atomic E-state index is 0.0660. The second kappa shape index (κ2) is 7.04. The van der Waals surface area contributed by atoms with Gasteiger partial charge in [-0.2, -0.15) is 4.31 Å². The van der Waals surface area contributed by atoms with Gasteiger partial charge in [-0.15, -0.1) is 0 Å². The van der Waals surface area contributed by atoms with E-state index in [2.05, 4.69) is 0 Å². The first kappa shape index (κ1) is 18.6. The van der Waals surface area contributed by atoms with E-state index in [1.54, 1.807) is 0 Å². The lowest BCUT2D eigenvalue weighted by atomic mass is 9.94. The van der Waals surface area contributed by atoms with Crippen LogP contribution >= 0.6 is 0 Å². The fourth-order valence-electron chi connectivity index (χ4n) is 3.13. The molecule has 0 unspecified atom stereocenters. The summed E-state index contributed by atoms with van der Waals surface area (Å²) in [5.74, 6) is 0.523. The third-order valence-corrected chi connectivity index (χ3v) is 6.06. The first-order chi connectivity index (χ1) is 11.2. The Morgan fingerprint density at radius 3 is 2.38 bits per heavy atom. The molecule has 0 spiro atoms. The van der Waals surface area contributed by atoms with Crippen LogP contribution in [0.5, 0.6) is 0 Å². The summed E-state index contributed by atoms with van der Waals surface area (Å²) in [5, 5.41) is 12.5. The van der Waals surface area contributed by atoms with Crippen LogP contribution in [0.3, 0.4) is 0 Å². The fourth-order valence-corrected chi connectivity index (χ4v) is 4.83. The maximum atomic E-state index is 12.9. The highest BCUT2D eigenvalue weighted by Crippen LogP contribution is 2.33. The lowest BCUT2D eigenvalue weighted by Crippen LogP contribution is -2.42. The largest absolute Gasteiger partial charge is 0.296 e. The number of sulfonamides is 1. The molecule has 2 rings (SSSR count). The van der Waals surface area contributed by atoms with E-state index in [-0.39, 0.29) is 28.1 Å². The Labute approximate surface area is 142 Å². The molecule has 1 aliphatic rings. The average molecular weight is 357 g/mol. The Kier molecular flexibility index (Phi) is 5.46. The summed E-state index contributed by atoms with van der Waals surface area (Å²) < 4.78 is 27.1. The topological polar surface area (TPSA) is 93.0 Å². The smallest absolute Gasteiger partial charge is 0.277 e. The molecule has 0 N–H and O–H groups in total. The maximum absolute atomic E-state index is 12.9. The molecule has 134 valence electrons. The number of rotatable bonds is 5. The van der Waals surface area contributed by atoms with Crippen molar-refractivity contribution in [2.24, 2.45) is 11.8 Å². The summed E-state index contributed by atoms with van der Waals surface area (Å²) in [6, 6.07) is 3.88. The Hall–Kier alpha value is -1.71. The van der Waals surface area contributed by atoms with Crippen molar-refractivity contribution in [1.29, 1.82) is 0 Å². The van der Waals surface area contributed by atoms with Crippen LogP contribution < -0.4 is 5.06 Å². The maximum Gasteiger partial charge on any atom is 0.296 e. The summed E-state index contributed by atoms with van der Waals surface area (Å²) in [6.45, 7) is 4.88. The zero-order valence-electron chi connectivity index (χ0n) is 14.3. The number of hydrogen-bond acceptors (Lipinski definition) is 6. The van der Waals surface area contributed by atoms with E-state index in [0.29, 0.717) is 13.1 Å². The molecule has 1 aromatic rings. The van der Waals surface area contributed by atoms with Crippen LogP contribution in [0.4, 0.5) is 11.4 Å². The highest BCUT2D eigenvalue weighted by molar-refractivity contribution is 7.89. The molecule has 1 saturated heterocycles. The molecule has 0 bridgehead atoms. The van der Waals surface area contributed by atoms with Crippen LogP contribution in [0.15, 0.2) is 23.1 Å². The Morgan fingerprint density at radius 2 is 1.88 bits per heavy atom. The fraction of sp³-hybridized carbons (Fsp3) is 0.600. The first-order valence-electron chi connectivity index (χ1n) is 7.73. The minimum atomic E-state index is -3.76. The molecule has 0 aliphatic carbocycles. The molecular weight excluding hydrogens is 334 g/mol. The van der Waals surface area contributed by atoms with Crippen molar-refractivity contribution >= 4 is 21.4 Å². The number of nitro benzene ring substituents is 1. The molecule has 24 heavy (non-hydrogen) atoms. The summed E-state index contributed by atoms with van der Waals surface area (Å²) in [4.78, 5) is 15.6. The van der Waals surface area contributed by atoms with Gasteiger partial charge >= 0.3 is 0 Å². The van der Waals surface area contributed by atoms with Gasteiger partial charge in [0.2, 0.25) is 10.0 Å². The zero-order valence-corrected chi connectivity index (χ0v) is 15.1. The monoisotopic (exact) mass is 357 g/mol. The van der Waals surface area contributed by atoms with Crippen molar-refractivity contribution in [2.75, 3.05) is 32.3 Å². The highest BCUT2D eigenvalue weighted by Gasteiger charge is 2.33. The van der Waals surface area contributed by atoms with E-state index < -0.39 is 14.9 Å². The number of anilines is 1. The summed E-state index contributed by atoms with van der Waals surface area (Å²) in [5.41, 5.74) is -0.111. The van der Waals surface area contributed by atoms with Crippen molar-refractivity contribution in [3.63, 3.8) is 0 Å². The van der Waals surface area contributed by atoms with E-state index in [0.717, 1.165) is 12.5 Å². The summed E-state index contributed by atoms with van der Waals surface area (Å²) in [7, 11) is -0.865. The van der Waals surface area contributed by atoms with Crippen LogP contribution in [0.25, 0.3) is 0 Å². The van der Waals surface area contributed by atoms with Gasteiger partial charge in [-0.05, 0) is 30.4 Å². The highest BCUT2D eigenvalue weighted by atomic mass is 32.2. The van der Waals surface area contributed by atoms with Gasteiger partial charge in [0.25, 0.3) is 5.69 Å². The van der Waals surface area contributed by atoms with Gasteiger partial charge < -0.3 is 0 Å². The Balaban J connectivity index is 2.44. The molecule has 0 saturated carbocycles. The van der Waals surface area contributed by atoms with Gasteiger partial charge in [-0.25, -0.2) is 8.42 Å². The first-order valence-corrected chi connectivity index (χ1v) is 9.17. The molecule has 1 heterocycles. The van der Waals surface area contributed by atoms with E-state index in [9.17, 15) is 18.5 Å². The SMILES string of the molecule is CON(C)c1ccc(S(=O)(=O)N2C[C@H](C)C[C@@H](C)C2)cc1[N+](=O)[O-]. The predicted molar refractivity (Wildman–Crippen MR) is 90.2 cm³/mol. The average Bonchev–Trinajstić information content (AvgIpc) is 2.52. The van der Waals surface area contributed by atoms with Gasteiger partial charge in [0.1, 0.15) is 5.69 Å². The van der Waals surface area contributed by atoms with Crippen LogP contribution in [0, 0.1) is 22.0 Å². The molecule has 9 heteroatoms. The predicted octanol–water partition coefficient (Wildman–Crippen LogP) is 2.26. The van der Waals surface area contributed by atoms with Gasteiger partial charge in [-0.1, -0.05) is 13.8 Å². The number of hydroxylamine groups is 1. The van der Waals surface area contributed by atoms with Gasteiger partial charge in [0, 0.05) is 26.2 Å². The van der Waals surface area contributed by atoms with Crippen LogP contribution in [0.2, 0.25) is 0 Å². The second-order valence-corrected chi connectivity index (χ2v) is 8.29. The van der Waals surface area contributed by atoms with Crippen LogP contribution in [0.1, 0.15) is 20.3 Å². The molecule has 0 radical (unpaired) electrons. The third kappa shape index (κ3) is 3.68. The van der Waals surface area contributed by atoms with Crippen molar-refractivity contribution in [3.05, 3.63) is 28.3 Å². The van der Waals surface area contributed by atoms with Crippen molar-refractivity contribution < 1.29 is 18.2 Å². The zero-order chi connectivity index (χ0) is 18.1. The molecule has 0 aromatic heterocycles. The lowest BCUT2D eigenvalue weighted by Gasteiger charge is -2.34. The molecule has 2 atom stereocenters. The van der Waals surface area contributed by atoms with Crippen molar-refractivity contribution in [2.45, 2.75) is 25.2 Å². The van der Waals surface area contributed by atoms with E-state index in [1.807, 2.05) is 13.8 Å². The van der Waals surface area contributed by atoms with Gasteiger partial charge in [-0.3, -0.25) is 20.0 Å². The van der Waals surface area contributed by atoms with Gasteiger partial charge in [0.05, 0.1) is 16.9 Å². The number of piperidine rings is 1. The molecule has 1 aliphatic heterocycles. The Bertz CT molecular complexity index is 712. The van der Waals surface area contributed by atoms with Crippen LogP contribution in [-0.4, -0.2) is 44.9 Å². The lowest BCUT2D eigenvalue weighted by molar-refractivity contribution is -0.384. The second-order valence-electron chi connectivity index (χ2n) is 6.36. The van der Waals surface area contributed by atoms with E-state index in [1.165, 1.54) is 35.7 Å². The summed E-state index contributed by atoms with van der Waals surface area (Å²) >= 11 is 0. The number of nitrogens with zero attached hydrogens (tertiary/aromatic N) is 3. The molecule has 1 fully saturated rings. The normalized spacial score (nSPS) is 22.3. The minimum Gasteiger partial charge on any atom is -0.277 e. The van der Waals surface area contributed by atoms with Gasteiger partial charge in [0.15, 0.2) is 0 Å². The molecule has 0 amide bonds. The standard InChI is InChI=1S/C15H23N3O5S/c1-11-7-12(2)10-17(9-11)24(21,22)13-5-6-14(16(3)23-4)15(8-13)18(19)20/h5-6,8,11-12H,7,9-10H2,1-4H3/t11-,12-/m1/s1. The molecular formula is C15H23N3O5S. The van der Waals surface area contributed by atoms with E-state index in [4.69, 9.17) is 4.84 Å². The van der Waals surface area contributed by atoms with Crippen LogP contribution in [-0.2, 0) is 14.9 Å². The number of nitro groups is 1. The number of benzene rings is 1.